The summed E-state index contributed by atoms with van der Waals surface area (Å²) < 4.78 is 0. The minimum absolute atomic E-state index is 0.753. The Bertz CT molecular complexity index is 212. The monoisotopic (exact) mass is 253 g/mol. The molecule has 1 saturated carbocycles. The van der Waals surface area contributed by atoms with E-state index in [0.717, 1.165) is 29.8 Å². The quantitative estimate of drug-likeness (QED) is 0.673. The summed E-state index contributed by atoms with van der Waals surface area (Å²) in [7, 11) is 0. The maximum atomic E-state index is 3.98. The molecule has 1 rings (SSSR count). The lowest BCUT2D eigenvalue weighted by molar-refractivity contribution is 0.167. The van der Waals surface area contributed by atoms with Gasteiger partial charge in [-0.05, 0) is 49.9 Å². The van der Waals surface area contributed by atoms with Crippen LogP contribution in [0.3, 0.4) is 0 Å². The molecule has 4 unspecified atom stereocenters. The molecule has 4 atom stereocenters. The van der Waals surface area contributed by atoms with Gasteiger partial charge in [-0.25, -0.2) is 0 Å². The number of hydrogen-bond donors (Lipinski definition) is 1. The van der Waals surface area contributed by atoms with Crippen LogP contribution in [0, 0.1) is 17.8 Å². The van der Waals surface area contributed by atoms with Gasteiger partial charge in [-0.3, -0.25) is 0 Å². The molecule has 0 bridgehead atoms. The van der Waals surface area contributed by atoms with Gasteiger partial charge in [0.15, 0.2) is 0 Å². The Morgan fingerprint density at radius 1 is 1.17 bits per heavy atom. The summed E-state index contributed by atoms with van der Waals surface area (Å²) in [6, 6.07) is 1.52. The normalized spacial score (nSPS) is 30.7. The molecule has 0 spiro atoms. The van der Waals surface area contributed by atoms with Gasteiger partial charge in [-0.2, -0.15) is 0 Å². The van der Waals surface area contributed by atoms with Crippen molar-refractivity contribution in [1.29, 1.82) is 0 Å². The first-order valence-electron chi connectivity index (χ1n) is 8.34. The Morgan fingerprint density at radius 3 is 2.44 bits per heavy atom. The molecule has 0 heterocycles. The highest BCUT2D eigenvalue weighted by Gasteiger charge is 2.30. The second-order valence-corrected chi connectivity index (χ2v) is 6.81. The fourth-order valence-electron chi connectivity index (χ4n) is 3.35. The van der Waals surface area contributed by atoms with Gasteiger partial charge >= 0.3 is 0 Å². The van der Waals surface area contributed by atoms with Gasteiger partial charge < -0.3 is 5.32 Å². The number of nitrogens with one attached hydrogen (secondary N) is 1. The molecule has 1 aliphatic rings. The summed E-state index contributed by atoms with van der Waals surface area (Å²) in [5.41, 5.74) is 0. The standard InChI is InChI=1S/C17H35N/c1-6-8-9-16(7-2)18-17-12-15(13(3)4)11-10-14(17)5/h13-18H,6-12H2,1-5H3. The number of unbranched alkanes of at least 4 members (excludes halogenated alkanes) is 1. The van der Waals surface area contributed by atoms with E-state index in [4.69, 9.17) is 0 Å². The summed E-state index contributed by atoms with van der Waals surface area (Å²) in [4.78, 5) is 0. The summed E-state index contributed by atoms with van der Waals surface area (Å²) >= 11 is 0. The van der Waals surface area contributed by atoms with E-state index in [2.05, 4.69) is 39.9 Å². The smallest absolute Gasteiger partial charge is 0.00980 e. The second kappa shape index (κ2) is 8.19. The highest BCUT2D eigenvalue weighted by atomic mass is 15.0. The molecular weight excluding hydrogens is 218 g/mol. The van der Waals surface area contributed by atoms with E-state index in [9.17, 15) is 0 Å². The van der Waals surface area contributed by atoms with Crippen LogP contribution in [0.2, 0.25) is 0 Å². The highest BCUT2D eigenvalue weighted by molar-refractivity contribution is 4.86. The lowest BCUT2D eigenvalue weighted by atomic mass is 9.74. The van der Waals surface area contributed by atoms with E-state index in [1.165, 1.54) is 44.9 Å². The van der Waals surface area contributed by atoms with Crippen molar-refractivity contribution in [3.63, 3.8) is 0 Å². The van der Waals surface area contributed by atoms with E-state index in [1.54, 1.807) is 0 Å². The first kappa shape index (κ1) is 16.0. The Kier molecular flexibility index (Phi) is 7.29. The van der Waals surface area contributed by atoms with Gasteiger partial charge in [0, 0.05) is 12.1 Å². The summed E-state index contributed by atoms with van der Waals surface area (Å²) in [6.07, 6.45) is 9.63. The van der Waals surface area contributed by atoms with Gasteiger partial charge in [0.2, 0.25) is 0 Å². The fraction of sp³-hybridized carbons (Fsp3) is 1.00. The summed E-state index contributed by atoms with van der Waals surface area (Å²) in [5, 5.41) is 3.98. The van der Waals surface area contributed by atoms with Crippen LogP contribution in [-0.4, -0.2) is 12.1 Å². The third kappa shape index (κ3) is 4.91. The molecule has 0 radical (unpaired) electrons. The van der Waals surface area contributed by atoms with Gasteiger partial charge in [0.25, 0.3) is 0 Å². The van der Waals surface area contributed by atoms with Crippen molar-refractivity contribution in [2.45, 2.75) is 91.6 Å². The van der Waals surface area contributed by atoms with Crippen molar-refractivity contribution in [3.05, 3.63) is 0 Å². The van der Waals surface area contributed by atoms with E-state index >= 15 is 0 Å². The third-order valence-corrected chi connectivity index (χ3v) is 5.03. The molecule has 108 valence electrons. The first-order chi connectivity index (χ1) is 8.58. The predicted octanol–water partition coefficient (Wildman–Crippen LogP) is 5.01. The third-order valence-electron chi connectivity index (χ3n) is 5.03. The predicted molar refractivity (Wildman–Crippen MR) is 81.9 cm³/mol. The molecule has 0 aromatic heterocycles. The second-order valence-electron chi connectivity index (χ2n) is 6.81. The molecule has 1 N–H and O–H groups in total. The molecule has 1 fully saturated rings. The molecule has 1 heteroatoms. The van der Waals surface area contributed by atoms with Crippen LogP contribution in [-0.2, 0) is 0 Å². The molecule has 0 amide bonds. The average Bonchev–Trinajstić information content (AvgIpc) is 2.36. The van der Waals surface area contributed by atoms with Gasteiger partial charge in [0.05, 0.1) is 0 Å². The van der Waals surface area contributed by atoms with Crippen LogP contribution >= 0.6 is 0 Å². The zero-order valence-corrected chi connectivity index (χ0v) is 13.3. The molecule has 1 nitrogen and oxygen atoms in total. The fourth-order valence-corrected chi connectivity index (χ4v) is 3.35. The van der Waals surface area contributed by atoms with E-state index < -0.39 is 0 Å². The van der Waals surface area contributed by atoms with Crippen LogP contribution in [0.15, 0.2) is 0 Å². The van der Waals surface area contributed by atoms with Crippen molar-refractivity contribution in [2.24, 2.45) is 17.8 Å². The van der Waals surface area contributed by atoms with Crippen molar-refractivity contribution in [1.82, 2.24) is 5.32 Å². The van der Waals surface area contributed by atoms with E-state index in [1.807, 2.05) is 0 Å². The molecule has 0 aliphatic heterocycles. The van der Waals surface area contributed by atoms with E-state index in [-0.39, 0.29) is 0 Å². The van der Waals surface area contributed by atoms with Gasteiger partial charge in [0.1, 0.15) is 0 Å². The molecule has 0 aromatic carbocycles. The van der Waals surface area contributed by atoms with Crippen LogP contribution in [0.4, 0.5) is 0 Å². The zero-order valence-electron chi connectivity index (χ0n) is 13.3. The number of hydrogen-bond acceptors (Lipinski definition) is 1. The number of rotatable bonds is 7. The maximum Gasteiger partial charge on any atom is 0.00980 e. The highest BCUT2D eigenvalue weighted by Crippen LogP contribution is 2.33. The van der Waals surface area contributed by atoms with Crippen LogP contribution < -0.4 is 5.32 Å². The SMILES string of the molecule is CCCCC(CC)NC1CC(C(C)C)CCC1C. The Labute approximate surface area is 115 Å². The van der Waals surface area contributed by atoms with Crippen LogP contribution in [0.5, 0.6) is 0 Å². The maximum absolute atomic E-state index is 3.98. The van der Waals surface area contributed by atoms with Crippen molar-refractivity contribution >= 4 is 0 Å². The molecular formula is C17H35N. The lowest BCUT2D eigenvalue weighted by Gasteiger charge is -2.38. The van der Waals surface area contributed by atoms with E-state index in [0.29, 0.717) is 0 Å². The lowest BCUT2D eigenvalue weighted by Crippen LogP contribution is -2.45. The van der Waals surface area contributed by atoms with Gasteiger partial charge in [-0.15, -0.1) is 0 Å². The molecule has 0 saturated heterocycles. The minimum atomic E-state index is 0.753. The van der Waals surface area contributed by atoms with Crippen molar-refractivity contribution < 1.29 is 0 Å². The minimum Gasteiger partial charge on any atom is -0.311 e. The largest absolute Gasteiger partial charge is 0.311 e. The Hall–Kier alpha value is -0.0400. The molecule has 18 heavy (non-hydrogen) atoms. The van der Waals surface area contributed by atoms with Crippen molar-refractivity contribution in [3.8, 4) is 0 Å². The first-order valence-corrected chi connectivity index (χ1v) is 8.34. The summed E-state index contributed by atoms with van der Waals surface area (Å²) in [6.45, 7) is 11.9. The zero-order chi connectivity index (χ0) is 13.5. The summed E-state index contributed by atoms with van der Waals surface area (Å²) in [5.74, 6) is 2.68. The van der Waals surface area contributed by atoms with Gasteiger partial charge in [-0.1, -0.05) is 47.5 Å². The molecule has 1 aliphatic carbocycles. The Balaban J connectivity index is 2.46. The van der Waals surface area contributed by atoms with Crippen LogP contribution in [0.25, 0.3) is 0 Å². The topological polar surface area (TPSA) is 12.0 Å². The van der Waals surface area contributed by atoms with Crippen LogP contribution in [0.1, 0.15) is 79.6 Å². The molecule has 0 aromatic rings. The average molecular weight is 253 g/mol. The van der Waals surface area contributed by atoms with Crippen molar-refractivity contribution in [2.75, 3.05) is 0 Å². The Morgan fingerprint density at radius 2 is 1.89 bits per heavy atom.